The molecule has 0 unspecified atom stereocenters. The van der Waals surface area contributed by atoms with Gasteiger partial charge in [0, 0.05) is 12.6 Å². The number of alkyl carbamates (subject to hydrolysis) is 1. The third-order valence-electron chi connectivity index (χ3n) is 3.55. The third-order valence-corrected chi connectivity index (χ3v) is 3.80. The molecule has 1 rings (SSSR count). The maximum atomic E-state index is 11.5. The molecule has 1 saturated carbocycles. The number of hydrogen-bond acceptors (Lipinski definition) is 3. The van der Waals surface area contributed by atoms with Crippen molar-refractivity contribution in [3.05, 3.63) is 0 Å². The Kier molecular flexibility index (Phi) is 7.29. The number of hydrogen-bond donors (Lipinski definition) is 2. The first kappa shape index (κ1) is 18.1. The third kappa shape index (κ3) is 8.15. The summed E-state index contributed by atoms with van der Waals surface area (Å²) in [6.07, 6.45) is 4.71. The summed E-state index contributed by atoms with van der Waals surface area (Å²) in [5, 5.41) is 5.72. The molecular weight excluding hydrogens is 292 g/mol. The maximum absolute atomic E-state index is 11.5. The summed E-state index contributed by atoms with van der Waals surface area (Å²) in [5.41, 5.74) is -0.456. The fourth-order valence-corrected chi connectivity index (χ4v) is 2.63. The second-order valence-electron chi connectivity index (χ2n) is 6.64. The lowest BCUT2D eigenvalue weighted by molar-refractivity contribution is -0.119. The average molecular weight is 319 g/mol. The smallest absolute Gasteiger partial charge is 0.407 e. The van der Waals surface area contributed by atoms with Gasteiger partial charge >= 0.3 is 6.09 Å². The number of halogens is 1. The van der Waals surface area contributed by atoms with Gasteiger partial charge in [0.15, 0.2) is 0 Å². The van der Waals surface area contributed by atoms with Crippen LogP contribution in [0.1, 0.15) is 52.9 Å². The molecule has 0 aromatic carbocycles. The van der Waals surface area contributed by atoms with E-state index >= 15 is 0 Å². The van der Waals surface area contributed by atoms with Gasteiger partial charge < -0.3 is 15.4 Å². The average Bonchev–Trinajstić information content (AvgIpc) is 2.38. The highest BCUT2D eigenvalue weighted by Crippen LogP contribution is 2.26. The minimum Gasteiger partial charge on any atom is -0.444 e. The summed E-state index contributed by atoms with van der Waals surface area (Å²) in [6.45, 7) is 6.19. The molecule has 0 aromatic heterocycles. The highest BCUT2D eigenvalue weighted by Gasteiger charge is 2.22. The van der Waals surface area contributed by atoms with Crippen LogP contribution in [0.25, 0.3) is 0 Å². The molecule has 5 nitrogen and oxygen atoms in total. The minimum absolute atomic E-state index is 0.0275. The molecule has 0 spiro atoms. The summed E-state index contributed by atoms with van der Waals surface area (Å²) in [5.74, 6) is 0.538. The molecule has 1 aliphatic carbocycles. The van der Waals surface area contributed by atoms with Gasteiger partial charge in [-0.2, -0.15) is 0 Å². The zero-order chi connectivity index (χ0) is 15.9. The lowest BCUT2D eigenvalue weighted by Gasteiger charge is -2.29. The van der Waals surface area contributed by atoms with Crippen LogP contribution in [0, 0.1) is 5.92 Å². The van der Waals surface area contributed by atoms with E-state index in [-0.39, 0.29) is 23.9 Å². The maximum Gasteiger partial charge on any atom is 0.407 e. The number of carbonyl (C=O) groups is 2. The van der Waals surface area contributed by atoms with Gasteiger partial charge in [-0.15, -0.1) is 11.6 Å². The van der Waals surface area contributed by atoms with Crippen LogP contribution in [0.2, 0.25) is 0 Å². The highest BCUT2D eigenvalue weighted by atomic mass is 35.5. The van der Waals surface area contributed by atoms with Crippen LogP contribution in [0.4, 0.5) is 4.79 Å². The van der Waals surface area contributed by atoms with E-state index < -0.39 is 5.60 Å². The molecular formula is C15H27ClN2O3. The Bertz CT molecular complexity index is 347. The zero-order valence-corrected chi connectivity index (χ0v) is 14.0. The van der Waals surface area contributed by atoms with Gasteiger partial charge in [-0.05, 0) is 58.8 Å². The number of rotatable bonds is 5. The first-order chi connectivity index (χ1) is 9.80. The van der Waals surface area contributed by atoms with Crippen molar-refractivity contribution >= 4 is 23.6 Å². The molecule has 0 radical (unpaired) electrons. The molecule has 1 fully saturated rings. The molecule has 0 saturated heterocycles. The van der Waals surface area contributed by atoms with Gasteiger partial charge in [0.1, 0.15) is 11.5 Å². The van der Waals surface area contributed by atoms with Crippen molar-refractivity contribution in [3.63, 3.8) is 0 Å². The Labute approximate surface area is 132 Å². The van der Waals surface area contributed by atoms with Gasteiger partial charge in [-0.1, -0.05) is 0 Å². The number of ether oxygens (including phenoxy) is 1. The largest absolute Gasteiger partial charge is 0.444 e. The Hall–Kier alpha value is -0.970. The van der Waals surface area contributed by atoms with E-state index in [1.165, 1.54) is 0 Å². The van der Waals surface area contributed by atoms with E-state index in [0.717, 1.165) is 32.1 Å². The van der Waals surface area contributed by atoms with E-state index in [4.69, 9.17) is 16.3 Å². The second-order valence-corrected chi connectivity index (χ2v) is 6.90. The van der Waals surface area contributed by atoms with Gasteiger partial charge in [0.05, 0.1) is 0 Å². The number of alkyl halides is 1. The molecule has 2 amide bonds. The van der Waals surface area contributed by atoms with Crippen molar-refractivity contribution in [1.29, 1.82) is 0 Å². The van der Waals surface area contributed by atoms with Crippen molar-refractivity contribution in [2.75, 3.05) is 12.4 Å². The summed E-state index contributed by atoms with van der Waals surface area (Å²) in [6, 6.07) is 0.256. The van der Waals surface area contributed by atoms with Crippen LogP contribution < -0.4 is 10.6 Å². The lowest BCUT2D eigenvalue weighted by atomic mass is 9.84. The van der Waals surface area contributed by atoms with Crippen LogP contribution in [0.3, 0.4) is 0 Å². The molecule has 0 aromatic rings. The first-order valence-electron chi connectivity index (χ1n) is 7.62. The van der Waals surface area contributed by atoms with Gasteiger partial charge in [-0.3, -0.25) is 4.79 Å². The van der Waals surface area contributed by atoms with Crippen molar-refractivity contribution in [3.8, 4) is 0 Å². The molecule has 0 atom stereocenters. The Morgan fingerprint density at radius 3 is 2.33 bits per heavy atom. The predicted molar refractivity (Wildman–Crippen MR) is 83.5 cm³/mol. The summed E-state index contributed by atoms with van der Waals surface area (Å²) < 4.78 is 5.19. The summed E-state index contributed by atoms with van der Waals surface area (Å²) >= 11 is 5.48. The van der Waals surface area contributed by atoms with Crippen LogP contribution in [0.15, 0.2) is 0 Å². The van der Waals surface area contributed by atoms with E-state index in [1.807, 2.05) is 20.8 Å². The monoisotopic (exact) mass is 318 g/mol. The number of amides is 2. The van der Waals surface area contributed by atoms with Crippen LogP contribution in [-0.4, -0.2) is 36.1 Å². The number of nitrogens with one attached hydrogen (secondary N) is 2. The van der Waals surface area contributed by atoms with Crippen molar-refractivity contribution in [1.82, 2.24) is 10.6 Å². The highest BCUT2D eigenvalue weighted by molar-refractivity contribution is 6.27. The van der Waals surface area contributed by atoms with E-state index in [1.54, 1.807) is 0 Å². The SMILES string of the molecule is CC(C)(C)OC(=O)NCCC1CCC(NC(=O)CCl)CC1. The van der Waals surface area contributed by atoms with Crippen LogP contribution >= 0.6 is 11.6 Å². The van der Waals surface area contributed by atoms with E-state index in [2.05, 4.69) is 10.6 Å². The second kappa shape index (κ2) is 8.47. The van der Waals surface area contributed by atoms with Crippen LogP contribution in [0.5, 0.6) is 0 Å². The minimum atomic E-state index is -0.456. The van der Waals surface area contributed by atoms with Gasteiger partial charge in [0.2, 0.25) is 5.91 Å². The predicted octanol–water partition coefficient (Wildman–Crippen LogP) is 2.82. The Morgan fingerprint density at radius 1 is 1.19 bits per heavy atom. The molecule has 2 N–H and O–H groups in total. The van der Waals surface area contributed by atoms with Crippen LogP contribution in [-0.2, 0) is 9.53 Å². The summed E-state index contributed by atoms with van der Waals surface area (Å²) in [7, 11) is 0. The molecule has 0 bridgehead atoms. The first-order valence-corrected chi connectivity index (χ1v) is 8.16. The molecule has 1 aliphatic rings. The quantitative estimate of drug-likeness (QED) is 0.766. The molecule has 6 heteroatoms. The Morgan fingerprint density at radius 2 is 1.81 bits per heavy atom. The fourth-order valence-electron chi connectivity index (χ4n) is 2.55. The molecule has 21 heavy (non-hydrogen) atoms. The summed E-state index contributed by atoms with van der Waals surface area (Å²) in [4.78, 5) is 22.7. The van der Waals surface area contributed by atoms with E-state index in [9.17, 15) is 9.59 Å². The fraction of sp³-hybridized carbons (Fsp3) is 0.867. The van der Waals surface area contributed by atoms with Crippen molar-refractivity contribution in [2.45, 2.75) is 64.5 Å². The van der Waals surface area contributed by atoms with Gasteiger partial charge in [0.25, 0.3) is 0 Å². The van der Waals surface area contributed by atoms with E-state index in [0.29, 0.717) is 12.5 Å². The van der Waals surface area contributed by atoms with Crippen molar-refractivity contribution in [2.24, 2.45) is 5.92 Å². The standard InChI is InChI=1S/C15H27ClN2O3/c1-15(2,3)21-14(20)17-9-8-11-4-6-12(7-5-11)18-13(19)10-16/h11-12H,4-10H2,1-3H3,(H,17,20)(H,18,19). The lowest BCUT2D eigenvalue weighted by Crippen LogP contribution is -2.39. The topological polar surface area (TPSA) is 67.4 Å². The van der Waals surface area contributed by atoms with Gasteiger partial charge in [-0.25, -0.2) is 4.79 Å². The van der Waals surface area contributed by atoms with Crippen molar-refractivity contribution < 1.29 is 14.3 Å². The molecule has 0 aliphatic heterocycles. The molecule has 122 valence electrons. The Balaban J connectivity index is 2.13. The zero-order valence-electron chi connectivity index (χ0n) is 13.2. The normalized spacial score (nSPS) is 22.5. The number of carbonyl (C=O) groups excluding carboxylic acids is 2. The molecule has 0 heterocycles.